The Morgan fingerprint density at radius 2 is 1.56 bits per heavy atom. The topological polar surface area (TPSA) is 3.24 Å². The van der Waals surface area contributed by atoms with Gasteiger partial charge in [-0.05, 0) is 132 Å². The average Bonchev–Trinajstić information content (AvgIpc) is 3.24. The van der Waals surface area contributed by atoms with Crippen molar-refractivity contribution in [2.24, 2.45) is 0 Å². The molecule has 3 aliphatic rings. The second-order valence-electron chi connectivity index (χ2n) is 12.9. The van der Waals surface area contributed by atoms with Crippen molar-refractivity contribution in [3.8, 4) is 0 Å². The lowest BCUT2D eigenvalue weighted by Gasteiger charge is -2.33. The molecule has 0 aliphatic heterocycles. The van der Waals surface area contributed by atoms with Crippen LogP contribution >= 0.6 is 0 Å². The summed E-state index contributed by atoms with van der Waals surface area (Å²) in [6, 6.07) is 26.9. The molecule has 0 amide bonds. The van der Waals surface area contributed by atoms with Crippen LogP contribution in [0.2, 0.25) is 0 Å². The lowest BCUT2D eigenvalue weighted by atomic mass is 9.76. The lowest BCUT2D eigenvalue weighted by Crippen LogP contribution is -2.23. The van der Waals surface area contributed by atoms with Crippen molar-refractivity contribution in [1.29, 1.82) is 0 Å². The molecule has 0 saturated carbocycles. The zero-order valence-corrected chi connectivity index (χ0v) is 26.2. The molecule has 4 aromatic rings. The van der Waals surface area contributed by atoms with Crippen LogP contribution in [0.4, 0.5) is 11.4 Å². The third kappa shape index (κ3) is 4.54. The summed E-state index contributed by atoms with van der Waals surface area (Å²) in [5, 5.41) is 2.84. The number of allylic oxidation sites excluding steroid dienone is 8. The van der Waals surface area contributed by atoms with E-state index in [4.69, 9.17) is 0 Å². The Kier molecular flexibility index (Phi) is 6.85. The van der Waals surface area contributed by atoms with Crippen molar-refractivity contribution in [2.75, 3.05) is 4.90 Å². The van der Waals surface area contributed by atoms with Gasteiger partial charge in [-0.1, -0.05) is 98.8 Å². The molecule has 4 aromatic carbocycles. The molecular formula is C42H41N. The number of hydrogen-bond donors (Lipinski definition) is 0. The van der Waals surface area contributed by atoms with E-state index >= 15 is 0 Å². The van der Waals surface area contributed by atoms with Crippen molar-refractivity contribution in [3.05, 3.63) is 153 Å². The summed E-state index contributed by atoms with van der Waals surface area (Å²) in [5.74, 6) is 0. The quantitative estimate of drug-likeness (QED) is 0.235. The first-order valence-electron chi connectivity index (χ1n) is 15.8. The van der Waals surface area contributed by atoms with Crippen LogP contribution in [0.15, 0.2) is 120 Å². The summed E-state index contributed by atoms with van der Waals surface area (Å²) in [5.41, 5.74) is 16.2. The van der Waals surface area contributed by atoms with Gasteiger partial charge in [-0.25, -0.2) is 0 Å². The molecule has 0 saturated heterocycles. The van der Waals surface area contributed by atoms with E-state index < -0.39 is 0 Å². The summed E-state index contributed by atoms with van der Waals surface area (Å²) in [6.07, 6.45) is 18.5. The summed E-state index contributed by atoms with van der Waals surface area (Å²) >= 11 is 0. The largest absolute Gasteiger partial charge is 0.310 e. The number of aryl methyl sites for hydroxylation is 3. The van der Waals surface area contributed by atoms with Crippen LogP contribution in [-0.2, 0) is 11.8 Å². The van der Waals surface area contributed by atoms with E-state index in [2.05, 4.69) is 149 Å². The molecule has 214 valence electrons. The first-order chi connectivity index (χ1) is 20.9. The zero-order chi connectivity index (χ0) is 29.7. The molecule has 0 N–H and O–H groups in total. The van der Waals surface area contributed by atoms with Crippen LogP contribution in [0, 0.1) is 13.8 Å². The summed E-state index contributed by atoms with van der Waals surface area (Å²) in [7, 11) is 0. The Morgan fingerprint density at radius 1 is 0.814 bits per heavy atom. The second kappa shape index (κ2) is 10.7. The highest BCUT2D eigenvalue weighted by atomic mass is 15.2. The van der Waals surface area contributed by atoms with E-state index in [0.717, 1.165) is 25.7 Å². The van der Waals surface area contributed by atoms with Crippen molar-refractivity contribution in [2.45, 2.75) is 65.7 Å². The highest BCUT2D eigenvalue weighted by Gasteiger charge is 2.40. The van der Waals surface area contributed by atoms with E-state index in [1.54, 1.807) is 0 Å². The van der Waals surface area contributed by atoms with E-state index in [9.17, 15) is 0 Å². The Bertz CT molecular complexity index is 1910. The Hall–Kier alpha value is -4.36. The second-order valence-corrected chi connectivity index (χ2v) is 12.9. The number of anilines is 2. The maximum absolute atomic E-state index is 2.54. The van der Waals surface area contributed by atoms with Gasteiger partial charge in [-0.2, -0.15) is 0 Å². The maximum Gasteiger partial charge on any atom is 0.0496 e. The minimum atomic E-state index is -0.153. The molecule has 0 aromatic heterocycles. The van der Waals surface area contributed by atoms with Crippen LogP contribution < -0.4 is 4.90 Å². The molecule has 43 heavy (non-hydrogen) atoms. The predicted molar refractivity (Wildman–Crippen MR) is 186 cm³/mol. The number of para-hydroxylation sites is 1. The van der Waals surface area contributed by atoms with Gasteiger partial charge in [0.05, 0.1) is 0 Å². The molecule has 1 heteroatoms. The Balaban J connectivity index is 1.53. The number of nitrogens with zero attached hydrogens (tertiary/aromatic N) is 1. The van der Waals surface area contributed by atoms with E-state index in [1.165, 1.54) is 77.9 Å². The van der Waals surface area contributed by atoms with Gasteiger partial charge in [0.2, 0.25) is 0 Å². The Morgan fingerprint density at radius 3 is 2.33 bits per heavy atom. The van der Waals surface area contributed by atoms with Crippen molar-refractivity contribution in [1.82, 2.24) is 0 Å². The molecule has 0 bridgehead atoms. The van der Waals surface area contributed by atoms with E-state index in [0.29, 0.717) is 0 Å². The number of benzene rings is 4. The van der Waals surface area contributed by atoms with Gasteiger partial charge in [0.15, 0.2) is 0 Å². The molecule has 1 nitrogen and oxygen atoms in total. The molecule has 0 spiro atoms. The van der Waals surface area contributed by atoms with Gasteiger partial charge in [-0.3, -0.25) is 0 Å². The van der Waals surface area contributed by atoms with Crippen LogP contribution in [-0.4, -0.2) is 0 Å². The van der Waals surface area contributed by atoms with Crippen LogP contribution in [0.5, 0.6) is 0 Å². The number of fused-ring (bicyclic) bond motifs is 6. The van der Waals surface area contributed by atoms with Gasteiger partial charge >= 0.3 is 0 Å². The lowest BCUT2D eigenvalue weighted by molar-refractivity contribution is 0.658. The number of rotatable bonds is 5. The van der Waals surface area contributed by atoms with E-state index in [-0.39, 0.29) is 5.41 Å². The predicted octanol–water partition coefficient (Wildman–Crippen LogP) is 11.5. The normalized spacial score (nSPS) is 17.2. The van der Waals surface area contributed by atoms with Crippen molar-refractivity contribution < 1.29 is 0 Å². The maximum atomic E-state index is 2.54. The first kappa shape index (κ1) is 27.5. The van der Waals surface area contributed by atoms with Gasteiger partial charge in [0, 0.05) is 22.5 Å². The molecule has 0 atom stereocenters. The highest BCUT2D eigenvalue weighted by molar-refractivity contribution is 6.02. The minimum absolute atomic E-state index is 0.153. The third-order valence-electron chi connectivity index (χ3n) is 9.77. The monoisotopic (exact) mass is 559 g/mol. The molecule has 3 aliphatic carbocycles. The molecule has 0 fully saturated rings. The fourth-order valence-electron chi connectivity index (χ4n) is 7.68. The van der Waals surface area contributed by atoms with Crippen molar-refractivity contribution >= 4 is 33.8 Å². The van der Waals surface area contributed by atoms with Crippen molar-refractivity contribution in [3.63, 3.8) is 0 Å². The van der Waals surface area contributed by atoms with Crippen LogP contribution in [0.1, 0.15) is 73.4 Å². The van der Waals surface area contributed by atoms with Gasteiger partial charge < -0.3 is 4.90 Å². The van der Waals surface area contributed by atoms with Gasteiger partial charge in [0.25, 0.3) is 0 Å². The minimum Gasteiger partial charge on any atom is -0.310 e. The zero-order valence-electron chi connectivity index (χ0n) is 26.2. The molecule has 0 heterocycles. The SMILES string of the molecule is CC1=C(/C=C(\C2=CC=CCC2)N(c2ccccc2)c2cc(C)ccc2C)C(C)(C)c2c1c1c(c3ccccc23)CCC=C1. The fraction of sp³-hybridized carbons (Fsp3) is 0.238. The van der Waals surface area contributed by atoms with Gasteiger partial charge in [-0.15, -0.1) is 0 Å². The van der Waals surface area contributed by atoms with Gasteiger partial charge in [0.1, 0.15) is 0 Å². The summed E-state index contributed by atoms with van der Waals surface area (Å²) in [4.78, 5) is 2.51. The molecular weight excluding hydrogens is 518 g/mol. The summed E-state index contributed by atoms with van der Waals surface area (Å²) < 4.78 is 0. The fourth-order valence-corrected chi connectivity index (χ4v) is 7.68. The first-order valence-corrected chi connectivity index (χ1v) is 15.8. The standard InChI is InChI=1S/C42H41N/c1-28-24-25-29(2)38(26-28)43(32-18-10-7-11-19-32)39(31-16-8-6-9-17-31)27-37-30(3)40-35-22-14-12-20-33(35)34-21-13-15-23-36(34)41(40)42(37,4)5/h6-8,10-11,13-16,18-19,21-27H,9,12,17,20H2,1-5H3/b39-27+. The average molecular weight is 560 g/mol. The third-order valence-corrected chi connectivity index (χ3v) is 9.77. The molecule has 0 radical (unpaired) electrons. The van der Waals surface area contributed by atoms with Crippen LogP contribution in [0.3, 0.4) is 0 Å². The molecule has 7 rings (SSSR count). The smallest absolute Gasteiger partial charge is 0.0496 e. The number of hydrogen-bond acceptors (Lipinski definition) is 1. The highest BCUT2D eigenvalue weighted by Crippen LogP contribution is 2.54. The Labute approximate surface area is 257 Å². The summed E-state index contributed by atoms with van der Waals surface area (Å²) in [6.45, 7) is 11.7. The molecule has 0 unspecified atom stereocenters. The van der Waals surface area contributed by atoms with Crippen LogP contribution in [0.25, 0.3) is 22.4 Å². The van der Waals surface area contributed by atoms with E-state index in [1.807, 2.05) is 0 Å².